The molecule has 0 bridgehead atoms. The van der Waals surface area contributed by atoms with E-state index in [0.29, 0.717) is 11.6 Å². The van der Waals surface area contributed by atoms with Crippen molar-refractivity contribution in [1.29, 1.82) is 0 Å². The maximum absolute atomic E-state index is 14.3. The Balaban J connectivity index is 2.11. The number of benzene rings is 2. The van der Waals surface area contributed by atoms with E-state index in [9.17, 15) is 9.18 Å². The fourth-order valence-electron chi connectivity index (χ4n) is 3.65. The fourth-order valence-corrected chi connectivity index (χ4v) is 5.31. The van der Waals surface area contributed by atoms with Crippen LogP contribution in [-0.2, 0) is 9.53 Å². The number of halogens is 1. The summed E-state index contributed by atoms with van der Waals surface area (Å²) in [6.07, 6.45) is 6.66. The highest BCUT2D eigenvalue weighted by molar-refractivity contribution is 7.98. The lowest BCUT2D eigenvalue weighted by molar-refractivity contribution is -0.137. The third-order valence-electron chi connectivity index (χ3n) is 5.37. The van der Waals surface area contributed by atoms with Gasteiger partial charge in [-0.25, -0.2) is 9.10 Å². The number of ether oxygens (including phenoxy) is 1. The van der Waals surface area contributed by atoms with Crippen molar-refractivity contribution in [2.75, 3.05) is 31.9 Å². The molecule has 31 heavy (non-hydrogen) atoms. The standard InChI is InChI=1S/C24H29FN2O2S2/c1-5-6-10-19-16-27(18-11-8-7-9-12-18)21-15-22(30-4)17(13-20(25)24(28)29-3)14-23(21)31-26(19)2/h7-9,11-15,19H,5-6,10,16H2,1-4H3/b20-13-. The second-order valence-corrected chi connectivity index (χ2v) is 9.47. The molecule has 0 saturated carbocycles. The first-order chi connectivity index (χ1) is 15.0. The summed E-state index contributed by atoms with van der Waals surface area (Å²) in [5.74, 6) is -1.86. The molecule has 0 saturated heterocycles. The van der Waals surface area contributed by atoms with Crippen LogP contribution in [0.4, 0.5) is 15.8 Å². The van der Waals surface area contributed by atoms with Gasteiger partial charge in [0.1, 0.15) is 0 Å². The molecule has 1 aliphatic rings. The molecule has 0 fully saturated rings. The van der Waals surface area contributed by atoms with Gasteiger partial charge in [-0.2, -0.15) is 4.39 Å². The molecule has 0 aromatic heterocycles. The summed E-state index contributed by atoms with van der Waals surface area (Å²) in [6, 6.07) is 14.8. The van der Waals surface area contributed by atoms with Crippen molar-refractivity contribution in [1.82, 2.24) is 4.31 Å². The van der Waals surface area contributed by atoms with Crippen molar-refractivity contribution < 1.29 is 13.9 Å². The zero-order chi connectivity index (χ0) is 22.4. The quantitative estimate of drug-likeness (QED) is 0.202. The van der Waals surface area contributed by atoms with Gasteiger partial charge in [-0.15, -0.1) is 11.8 Å². The zero-order valence-electron chi connectivity index (χ0n) is 18.4. The van der Waals surface area contributed by atoms with Crippen molar-refractivity contribution in [3.63, 3.8) is 0 Å². The summed E-state index contributed by atoms with van der Waals surface area (Å²) in [5.41, 5.74) is 2.91. The van der Waals surface area contributed by atoms with Crippen molar-refractivity contribution in [3.8, 4) is 0 Å². The normalized spacial score (nSPS) is 17.3. The van der Waals surface area contributed by atoms with Gasteiger partial charge in [-0.05, 0) is 67.6 Å². The number of para-hydroxylation sites is 1. The predicted octanol–water partition coefficient (Wildman–Crippen LogP) is 6.54. The van der Waals surface area contributed by atoms with Crippen molar-refractivity contribution in [2.45, 2.75) is 42.0 Å². The third-order valence-corrected chi connectivity index (χ3v) is 7.28. The number of carbonyl (C=O) groups excluding carboxylic acids is 1. The Morgan fingerprint density at radius 3 is 2.71 bits per heavy atom. The molecule has 0 spiro atoms. The van der Waals surface area contributed by atoms with Crippen LogP contribution in [0.25, 0.3) is 6.08 Å². The van der Waals surface area contributed by atoms with E-state index in [4.69, 9.17) is 0 Å². The van der Waals surface area contributed by atoms with Gasteiger partial charge in [0.25, 0.3) is 0 Å². The molecule has 1 aliphatic heterocycles. The molecule has 2 aromatic carbocycles. The first kappa shape index (κ1) is 23.7. The lowest BCUT2D eigenvalue weighted by Gasteiger charge is -2.30. The smallest absolute Gasteiger partial charge is 0.366 e. The minimum Gasteiger partial charge on any atom is -0.464 e. The van der Waals surface area contributed by atoms with Crippen LogP contribution in [0.1, 0.15) is 31.7 Å². The molecule has 0 amide bonds. The van der Waals surface area contributed by atoms with Gasteiger partial charge in [0.05, 0.1) is 12.8 Å². The van der Waals surface area contributed by atoms with Crippen LogP contribution in [0, 0.1) is 0 Å². The Hall–Kier alpha value is -1.96. The number of nitrogens with zero attached hydrogens (tertiary/aromatic N) is 2. The monoisotopic (exact) mass is 460 g/mol. The molecular formula is C24H29FN2O2S2. The van der Waals surface area contributed by atoms with E-state index in [1.807, 2.05) is 18.4 Å². The van der Waals surface area contributed by atoms with Crippen molar-refractivity contribution in [2.24, 2.45) is 0 Å². The summed E-state index contributed by atoms with van der Waals surface area (Å²) in [6.45, 7) is 3.09. The van der Waals surface area contributed by atoms with Crippen LogP contribution in [0.15, 0.2) is 58.1 Å². The molecule has 1 atom stereocenters. The van der Waals surface area contributed by atoms with E-state index in [0.717, 1.165) is 40.6 Å². The first-order valence-electron chi connectivity index (χ1n) is 10.4. The zero-order valence-corrected chi connectivity index (χ0v) is 20.1. The number of hydrogen-bond acceptors (Lipinski definition) is 6. The molecular weight excluding hydrogens is 431 g/mol. The fraction of sp³-hybridized carbons (Fsp3) is 0.375. The average molecular weight is 461 g/mol. The summed E-state index contributed by atoms with van der Waals surface area (Å²) in [4.78, 5) is 15.9. The van der Waals surface area contributed by atoms with Gasteiger partial charge in [0.2, 0.25) is 5.83 Å². The van der Waals surface area contributed by atoms with Gasteiger partial charge >= 0.3 is 5.97 Å². The number of rotatable bonds is 7. The SMILES string of the molecule is CCCCC1CN(c2ccccc2)c2cc(SC)c(/C=C(\F)C(=O)OC)cc2SN1C. The number of hydrogen-bond donors (Lipinski definition) is 0. The molecule has 4 nitrogen and oxygen atoms in total. The Morgan fingerprint density at radius 1 is 1.32 bits per heavy atom. The number of fused-ring (bicyclic) bond motifs is 1. The second-order valence-electron chi connectivity index (χ2n) is 7.43. The number of carbonyl (C=O) groups is 1. The Kier molecular flexibility index (Phi) is 8.46. The van der Waals surface area contributed by atoms with Gasteiger partial charge < -0.3 is 9.64 Å². The molecule has 1 unspecified atom stereocenters. The Labute approximate surface area is 193 Å². The molecule has 0 N–H and O–H groups in total. The van der Waals surface area contributed by atoms with E-state index in [1.165, 1.54) is 31.4 Å². The van der Waals surface area contributed by atoms with Crippen LogP contribution in [0.2, 0.25) is 0 Å². The second kappa shape index (κ2) is 11.1. The van der Waals surface area contributed by atoms with Gasteiger partial charge in [-0.1, -0.05) is 38.0 Å². The summed E-state index contributed by atoms with van der Waals surface area (Å²) in [7, 11) is 3.30. The molecule has 1 heterocycles. The Bertz CT molecular complexity index is 937. The van der Waals surface area contributed by atoms with Gasteiger partial charge in [0.15, 0.2) is 0 Å². The highest BCUT2D eigenvalue weighted by Crippen LogP contribution is 2.44. The van der Waals surface area contributed by atoms with E-state index in [2.05, 4.69) is 58.2 Å². The highest BCUT2D eigenvalue weighted by atomic mass is 32.2. The number of anilines is 2. The number of thioether (sulfide) groups is 1. The maximum atomic E-state index is 14.3. The van der Waals surface area contributed by atoms with E-state index >= 15 is 0 Å². The topological polar surface area (TPSA) is 32.8 Å². The van der Waals surface area contributed by atoms with Crippen LogP contribution in [0.5, 0.6) is 0 Å². The minimum absolute atomic E-state index is 0.376. The van der Waals surface area contributed by atoms with Gasteiger partial charge in [0, 0.05) is 28.1 Å². The first-order valence-corrected chi connectivity index (χ1v) is 12.4. The van der Waals surface area contributed by atoms with Crippen LogP contribution in [0.3, 0.4) is 0 Å². The third kappa shape index (κ3) is 5.64. The largest absolute Gasteiger partial charge is 0.464 e. The van der Waals surface area contributed by atoms with E-state index < -0.39 is 11.8 Å². The lowest BCUT2D eigenvalue weighted by Crippen LogP contribution is -2.35. The van der Waals surface area contributed by atoms with E-state index in [1.54, 1.807) is 11.9 Å². The molecule has 3 rings (SSSR count). The van der Waals surface area contributed by atoms with Gasteiger partial charge in [-0.3, -0.25) is 0 Å². The maximum Gasteiger partial charge on any atom is 0.366 e. The lowest BCUT2D eigenvalue weighted by atomic mass is 10.1. The van der Waals surface area contributed by atoms with Crippen molar-refractivity contribution in [3.05, 3.63) is 53.9 Å². The van der Waals surface area contributed by atoms with Crippen LogP contribution >= 0.6 is 23.7 Å². The number of unbranched alkanes of at least 4 members (excludes halogenated alkanes) is 1. The molecule has 0 radical (unpaired) electrons. The predicted molar refractivity (Wildman–Crippen MR) is 130 cm³/mol. The van der Waals surface area contributed by atoms with Crippen LogP contribution < -0.4 is 4.90 Å². The Morgan fingerprint density at radius 2 is 2.06 bits per heavy atom. The average Bonchev–Trinajstić information content (AvgIpc) is 2.92. The number of methoxy groups -OCH3 is 1. The summed E-state index contributed by atoms with van der Waals surface area (Å²) in [5, 5.41) is 0. The van der Waals surface area contributed by atoms with Crippen LogP contribution in [-0.4, -0.2) is 43.3 Å². The molecule has 0 aliphatic carbocycles. The minimum atomic E-state index is -0.961. The number of esters is 1. The molecule has 7 heteroatoms. The molecule has 2 aromatic rings. The summed E-state index contributed by atoms with van der Waals surface area (Å²) < 4.78 is 21.1. The molecule has 166 valence electrons. The van der Waals surface area contributed by atoms with Crippen molar-refractivity contribution >= 4 is 47.1 Å². The van der Waals surface area contributed by atoms with E-state index in [-0.39, 0.29) is 0 Å². The highest BCUT2D eigenvalue weighted by Gasteiger charge is 2.28. The number of likely N-dealkylation sites (N-methyl/N-ethyl adjacent to an activating group) is 1. The summed E-state index contributed by atoms with van der Waals surface area (Å²) >= 11 is 3.21.